The van der Waals surface area contributed by atoms with Crippen LogP contribution in [-0.2, 0) is 0 Å². The molecule has 17 heavy (non-hydrogen) atoms. The Hall–Kier alpha value is -1.19. The van der Waals surface area contributed by atoms with E-state index in [9.17, 15) is 5.21 Å². The van der Waals surface area contributed by atoms with Crippen LogP contribution in [0.25, 0.3) is 0 Å². The Labute approximate surface area is 103 Å². The van der Waals surface area contributed by atoms with Gasteiger partial charge < -0.3 is 5.21 Å². The minimum Gasteiger partial charge on any atom is -0.311 e. The van der Waals surface area contributed by atoms with Crippen LogP contribution in [0.1, 0.15) is 39.7 Å². The molecule has 1 heterocycles. The van der Waals surface area contributed by atoms with Crippen LogP contribution in [0.3, 0.4) is 0 Å². The largest absolute Gasteiger partial charge is 0.311 e. The van der Waals surface area contributed by atoms with E-state index < -0.39 is 11.2 Å². The minimum absolute atomic E-state index is 0.452. The highest BCUT2D eigenvalue weighted by molar-refractivity contribution is 6.08. The van der Waals surface area contributed by atoms with Gasteiger partial charge in [-0.3, -0.25) is 4.99 Å². The summed E-state index contributed by atoms with van der Waals surface area (Å²) < 4.78 is 0. The molecule has 1 unspecified atom stereocenters. The third-order valence-corrected chi connectivity index (χ3v) is 3.63. The van der Waals surface area contributed by atoms with E-state index >= 15 is 0 Å². The zero-order valence-corrected chi connectivity index (χ0v) is 10.9. The second-order valence-electron chi connectivity index (χ2n) is 5.27. The molecular weight excluding hydrogens is 212 g/mol. The molecule has 1 aliphatic rings. The van der Waals surface area contributed by atoms with E-state index in [1.54, 1.807) is 0 Å². The fraction of sp³-hybridized carbons (Fsp3) is 0.500. The lowest BCUT2D eigenvalue weighted by molar-refractivity contribution is -0.194. The van der Waals surface area contributed by atoms with Crippen LogP contribution < -0.4 is 0 Å². The van der Waals surface area contributed by atoms with E-state index in [1.165, 1.54) is 5.06 Å². The first kappa shape index (κ1) is 12.3. The fourth-order valence-corrected chi connectivity index (χ4v) is 2.37. The summed E-state index contributed by atoms with van der Waals surface area (Å²) in [4.78, 5) is 4.74. The third-order valence-electron chi connectivity index (χ3n) is 3.63. The van der Waals surface area contributed by atoms with Gasteiger partial charge in [-0.25, -0.2) is 0 Å². The van der Waals surface area contributed by atoms with Crippen molar-refractivity contribution in [1.82, 2.24) is 5.06 Å². The van der Waals surface area contributed by atoms with Crippen molar-refractivity contribution >= 4 is 5.71 Å². The summed E-state index contributed by atoms with van der Waals surface area (Å²) in [7, 11) is 0. The number of nitrogens with zero attached hydrogens (tertiary/aromatic N) is 2. The normalized spacial score (nSPS) is 28.2. The van der Waals surface area contributed by atoms with Gasteiger partial charge in [0.05, 0.1) is 11.3 Å². The predicted molar refractivity (Wildman–Crippen MR) is 69.4 cm³/mol. The monoisotopic (exact) mass is 232 g/mol. The lowest BCUT2D eigenvalue weighted by atomic mass is 9.92. The highest BCUT2D eigenvalue weighted by Gasteiger charge is 2.48. The second kappa shape index (κ2) is 3.93. The summed E-state index contributed by atoms with van der Waals surface area (Å²) in [5, 5.41) is 11.7. The molecule has 0 fully saturated rings. The Morgan fingerprint density at radius 2 is 1.76 bits per heavy atom. The molecule has 0 amide bonds. The van der Waals surface area contributed by atoms with Crippen LogP contribution in [0, 0.1) is 0 Å². The first-order valence-corrected chi connectivity index (χ1v) is 6.07. The summed E-state index contributed by atoms with van der Waals surface area (Å²) in [5.41, 5.74) is 1.06. The maximum atomic E-state index is 10.3. The van der Waals surface area contributed by atoms with Crippen LogP contribution in [0.4, 0.5) is 0 Å². The molecule has 0 spiro atoms. The summed E-state index contributed by atoms with van der Waals surface area (Å²) in [6.07, 6.45) is 0.781. The van der Waals surface area contributed by atoms with Crippen molar-refractivity contribution in [3.63, 3.8) is 0 Å². The van der Waals surface area contributed by atoms with Gasteiger partial charge in [0.25, 0.3) is 0 Å². The fourth-order valence-electron chi connectivity index (χ4n) is 2.37. The Morgan fingerprint density at radius 3 is 2.24 bits per heavy atom. The SMILES string of the molecule is CCC1(C)N=C(c2ccccc2)C(C)(C)N1O. The van der Waals surface area contributed by atoms with Gasteiger partial charge in [0, 0.05) is 0 Å². The summed E-state index contributed by atoms with van der Waals surface area (Å²) in [5.74, 6) is 0. The average molecular weight is 232 g/mol. The molecule has 0 saturated heterocycles. The van der Waals surface area contributed by atoms with Crippen molar-refractivity contribution < 1.29 is 5.21 Å². The van der Waals surface area contributed by atoms with E-state index in [-0.39, 0.29) is 0 Å². The molecule has 3 heteroatoms. The van der Waals surface area contributed by atoms with Gasteiger partial charge in [0.2, 0.25) is 0 Å². The molecule has 0 saturated carbocycles. The van der Waals surface area contributed by atoms with E-state index in [1.807, 2.05) is 58.0 Å². The quantitative estimate of drug-likeness (QED) is 0.850. The molecule has 2 rings (SSSR count). The Balaban J connectivity index is 2.50. The molecule has 1 aromatic carbocycles. The van der Waals surface area contributed by atoms with Gasteiger partial charge in [-0.2, -0.15) is 5.06 Å². The maximum Gasteiger partial charge on any atom is 0.133 e. The molecule has 1 atom stereocenters. The third kappa shape index (κ3) is 1.79. The van der Waals surface area contributed by atoms with E-state index in [0.717, 1.165) is 17.7 Å². The number of rotatable bonds is 2. The standard InChI is InChI=1S/C14H20N2O/c1-5-14(4)15-12(13(2,3)16(14)17)11-9-7-6-8-10-11/h6-10,17H,5H2,1-4H3. The van der Waals surface area contributed by atoms with Gasteiger partial charge in [-0.05, 0) is 32.8 Å². The Morgan fingerprint density at radius 1 is 1.18 bits per heavy atom. The molecule has 1 aromatic rings. The number of hydroxylamine groups is 2. The number of benzene rings is 1. The van der Waals surface area contributed by atoms with Crippen LogP contribution >= 0.6 is 0 Å². The van der Waals surface area contributed by atoms with Gasteiger partial charge in [-0.1, -0.05) is 37.3 Å². The number of hydrogen-bond acceptors (Lipinski definition) is 3. The van der Waals surface area contributed by atoms with E-state index in [0.29, 0.717) is 0 Å². The number of hydrogen-bond donors (Lipinski definition) is 1. The van der Waals surface area contributed by atoms with Crippen molar-refractivity contribution in [1.29, 1.82) is 0 Å². The summed E-state index contributed by atoms with van der Waals surface area (Å²) in [6, 6.07) is 10.1. The van der Waals surface area contributed by atoms with Crippen LogP contribution in [0.5, 0.6) is 0 Å². The molecule has 0 aliphatic carbocycles. The molecular formula is C14H20N2O. The summed E-state index contributed by atoms with van der Waals surface area (Å²) >= 11 is 0. The molecule has 0 radical (unpaired) electrons. The maximum absolute atomic E-state index is 10.3. The summed E-state index contributed by atoms with van der Waals surface area (Å²) in [6.45, 7) is 8.00. The van der Waals surface area contributed by atoms with Crippen LogP contribution in [0.15, 0.2) is 35.3 Å². The first-order chi connectivity index (χ1) is 7.92. The molecule has 92 valence electrons. The molecule has 1 aliphatic heterocycles. The molecule has 3 nitrogen and oxygen atoms in total. The predicted octanol–water partition coefficient (Wildman–Crippen LogP) is 3.09. The van der Waals surface area contributed by atoms with Crippen molar-refractivity contribution in [2.75, 3.05) is 0 Å². The topological polar surface area (TPSA) is 35.8 Å². The van der Waals surface area contributed by atoms with Gasteiger partial charge in [0.1, 0.15) is 5.66 Å². The highest BCUT2D eigenvalue weighted by Crippen LogP contribution is 2.37. The molecule has 1 N–H and O–H groups in total. The van der Waals surface area contributed by atoms with Crippen molar-refractivity contribution in [3.05, 3.63) is 35.9 Å². The van der Waals surface area contributed by atoms with E-state index in [2.05, 4.69) is 0 Å². The van der Waals surface area contributed by atoms with Crippen molar-refractivity contribution in [2.24, 2.45) is 4.99 Å². The first-order valence-electron chi connectivity index (χ1n) is 6.07. The highest BCUT2D eigenvalue weighted by atomic mass is 16.5. The van der Waals surface area contributed by atoms with Gasteiger partial charge >= 0.3 is 0 Å². The van der Waals surface area contributed by atoms with Gasteiger partial charge in [0.15, 0.2) is 0 Å². The average Bonchev–Trinajstić information content (AvgIpc) is 2.52. The Bertz CT molecular complexity index is 439. The van der Waals surface area contributed by atoms with Crippen LogP contribution in [0.2, 0.25) is 0 Å². The van der Waals surface area contributed by atoms with Gasteiger partial charge in [-0.15, -0.1) is 0 Å². The zero-order valence-electron chi connectivity index (χ0n) is 10.9. The van der Waals surface area contributed by atoms with Crippen LogP contribution in [-0.4, -0.2) is 27.2 Å². The lowest BCUT2D eigenvalue weighted by Crippen LogP contribution is -2.51. The van der Waals surface area contributed by atoms with Crippen molar-refractivity contribution in [2.45, 2.75) is 45.3 Å². The van der Waals surface area contributed by atoms with Crippen molar-refractivity contribution in [3.8, 4) is 0 Å². The molecule has 0 bridgehead atoms. The smallest absolute Gasteiger partial charge is 0.133 e. The Kier molecular flexibility index (Phi) is 2.84. The number of aliphatic imine (C=N–C) groups is 1. The zero-order chi connectivity index (χ0) is 12.7. The van der Waals surface area contributed by atoms with E-state index in [4.69, 9.17) is 4.99 Å². The minimum atomic E-state index is -0.519. The molecule has 0 aromatic heterocycles. The lowest BCUT2D eigenvalue weighted by Gasteiger charge is -2.35. The second-order valence-corrected chi connectivity index (χ2v) is 5.27.